The zero-order valence-electron chi connectivity index (χ0n) is 11.1. The zero-order chi connectivity index (χ0) is 13.5. The first-order valence-corrected chi connectivity index (χ1v) is 8.31. The third kappa shape index (κ3) is 2.42. The van der Waals surface area contributed by atoms with E-state index in [0.29, 0.717) is 25.2 Å². The van der Waals surface area contributed by atoms with Crippen LogP contribution in [0.5, 0.6) is 0 Å². The summed E-state index contributed by atoms with van der Waals surface area (Å²) in [7, 11) is -3.44. The summed E-state index contributed by atoms with van der Waals surface area (Å²) in [6.45, 7) is 3.86. The molecule has 0 aromatic carbocycles. The molecule has 7 heteroatoms. The molecule has 1 aromatic rings. The van der Waals surface area contributed by atoms with E-state index >= 15 is 0 Å². The number of sulfonamides is 1. The lowest BCUT2D eigenvalue weighted by Gasteiger charge is -2.22. The molecule has 3 heterocycles. The fraction of sp³-hybridized carbons (Fsp3) is 0.750. The molecule has 19 heavy (non-hydrogen) atoms. The van der Waals surface area contributed by atoms with Gasteiger partial charge in [-0.25, -0.2) is 13.4 Å². The summed E-state index contributed by atoms with van der Waals surface area (Å²) >= 11 is 0. The first-order valence-electron chi connectivity index (χ1n) is 6.87. The predicted octanol–water partition coefficient (Wildman–Crippen LogP) is 0.418. The highest BCUT2D eigenvalue weighted by Crippen LogP contribution is 2.24. The van der Waals surface area contributed by atoms with Crippen molar-refractivity contribution >= 4 is 10.0 Å². The molecular formula is C12H20N4O2S. The monoisotopic (exact) mass is 284 g/mol. The summed E-state index contributed by atoms with van der Waals surface area (Å²) in [6, 6.07) is 0.786. The fourth-order valence-corrected chi connectivity index (χ4v) is 4.34. The molecular weight excluding hydrogens is 264 g/mol. The molecule has 2 bridgehead atoms. The minimum Gasteiger partial charge on any atom is -0.336 e. The van der Waals surface area contributed by atoms with Gasteiger partial charge in [-0.2, -0.15) is 4.31 Å². The average molecular weight is 284 g/mol. The van der Waals surface area contributed by atoms with Gasteiger partial charge in [0, 0.05) is 37.9 Å². The summed E-state index contributed by atoms with van der Waals surface area (Å²) in [6.07, 6.45) is 6.33. The van der Waals surface area contributed by atoms with Gasteiger partial charge >= 0.3 is 0 Å². The van der Waals surface area contributed by atoms with Crippen molar-refractivity contribution < 1.29 is 8.42 Å². The number of imidazole rings is 1. The largest absolute Gasteiger partial charge is 0.336 e. The molecule has 0 aliphatic carbocycles. The molecule has 2 atom stereocenters. The summed E-state index contributed by atoms with van der Waals surface area (Å²) in [5.41, 5.74) is 0. The molecule has 2 aliphatic rings. The van der Waals surface area contributed by atoms with Gasteiger partial charge in [0.05, 0.1) is 6.33 Å². The Bertz CT molecular complexity index is 554. The second-order valence-electron chi connectivity index (χ2n) is 5.33. The third-order valence-electron chi connectivity index (χ3n) is 4.06. The number of nitrogens with one attached hydrogen (secondary N) is 1. The van der Waals surface area contributed by atoms with Crippen molar-refractivity contribution in [3.63, 3.8) is 0 Å². The Morgan fingerprint density at radius 3 is 2.89 bits per heavy atom. The third-order valence-corrected chi connectivity index (χ3v) is 5.82. The van der Waals surface area contributed by atoms with Crippen LogP contribution in [-0.4, -0.2) is 47.4 Å². The van der Waals surface area contributed by atoms with E-state index in [1.807, 2.05) is 6.92 Å². The van der Waals surface area contributed by atoms with Crippen molar-refractivity contribution in [3.05, 3.63) is 12.5 Å². The van der Waals surface area contributed by atoms with E-state index in [9.17, 15) is 8.42 Å². The van der Waals surface area contributed by atoms with E-state index in [0.717, 1.165) is 19.4 Å². The normalized spacial score (nSPS) is 28.5. The number of hydrogen-bond donors (Lipinski definition) is 1. The van der Waals surface area contributed by atoms with E-state index < -0.39 is 10.0 Å². The van der Waals surface area contributed by atoms with Crippen LogP contribution in [0.15, 0.2) is 17.6 Å². The Balaban J connectivity index is 1.83. The maximum atomic E-state index is 12.6. The van der Waals surface area contributed by atoms with E-state index in [4.69, 9.17) is 0 Å². The van der Waals surface area contributed by atoms with Gasteiger partial charge in [-0.15, -0.1) is 0 Å². The van der Waals surface area contributed by atoms with E-state index in [1.165, 1.54) is 6.42 Å². The van der Waals surface area contributed by atoms with Crippen LogP contribution >= 0.6 is 0 Å². The number of aromatic nitrogens is 2. The number of rotatable bonds is 3. The van der Waals surface area contributed by atoms with Crippen molar-refractivity contribution in [1.82, 2.24) is 19.2 Å². The van der Waals surface area contributed by atoms with Crippen LogP contribution in [-0.2, 0) is 16.6 Å². The Kier molecular flexibility index (Phi) is 3.36. The quantitative estimate of drug-likeness (QED) is 0.873. The van der Waals surface area contributed by atoms with Crippen LogP contribution in [0.4, 0.5) is 0 Å². The fourth-order valence-electron chi connectivity index (χ4n) is 2.91. The highest BCUT2D eigenvalue weighted by Gasteiger charge is 2.35. The first kappa shape index (κ1) is 13.1. The maximum absolute atomic E-state index is 12.6. The van der Waals surface area contributed by atoms with Crippen LogP contribution in [0, 0.1) is 0 Å². The topological polar surface area (TPSA) is 67.2 Å². The van der Waals surface area contributed by atoms with Gasteiger partial charge in [-0.3, -0.25) is 0 Å². The van der Waals surface area contributed by atoms with Crippen molar-refractivity contribution in [2.45, 2.75) is 49.8 Å². The molecule has 1 N–H and O–H groups in total. The lowest BCUT2D eigenvalue weighted by Crippen LogP contribution is -2.39. The van der Waals surface area contributed by atoms with Gasteiger partial charge in [-0.1, -0.05) is 0 Å². The summed E-state index contributed by atoms with van der Waals surface area (Å²) in [5.74, 6) is 0. The van der Waals surface area contributed by atoms with Crippen molar-refractivity contribution in [2.24, 2.45) is 0 Å². The first-order chi connectivity index (χ1) is 9.09. The van der Waals surface area contributed by atoms with Crippen LogP contribution in [0.25, 0.3) is 0 Å². The predicted molar refractivity (Wildman–Crippen MR) is 71.2 cm³/mol. The van der Waals surface area contributed by atoms with Crippen molar-refractivity contribution in [3.8, 4) is 0 Å². The van der Waals surface area contributed by atoms with Crippen LogP contribution in [0.1, 0.15) is 26.2 Å². The Morgan fingerprint density at radius 2 is 2.16 bits per heavy atom. The standard InChI is InChI=1S/C12H20N4O2S/c1-2-15-8-12(13-9-15)19(17,18)16-6-5-10-3-4-11(7-16)14-10/h8-11,14H,2-7H2,1H3. The molecule has 2 saturated heterocycles. The van der Waals surface area contributed by atoms with Gasteiger partial charge in [-0.05, 0) is 26.2 Å². The Labute approximate surface area is 113 Å². The lowest BCUT2D eigenvalue weighted by atomic mass is 10.1. The highest BCUT2D eigenvalue weighted by atomic mass is 32.2. The lowest BCUT2D eigenvalue weighted by molar-refractivity contribution is 0.382. The minimum absolute atomic E-state index is 0.173. The molecule has 1 aromatic heterocycles. The minimum atomic E-state index is -3.44. The van der Waals surface area contributed by atoms with Gasteiger partial charge in [0.2, 0.25) is 0 Å². The summed E-state index contributed by atoms with van der Waals surface area (Å²) < 4.78 is 28.5. The van der Waals surface area contributed by atoms with Gasteiger partial charge in [0.15, 0.2) is 5.03 Å². The maximum Gasteiger partial charge on any atom is 0.262 e. The van der Waals surface area contributed by atoms with Gasteiger partial charge in [0.1, 0.15) is 0 Å². The number of nitrogens with zero attached hydrogens (tertiary/aromatic N) is 3. The van der Waals surface area contributed by atoms with E-state index in [2.05, 4.69) is 10.3 Å². The van der Waals surface area contributed by atoms with E-state index in [1.54, 1.807) is 21.4 Å². The smallest absolute Gasteiger partial charge is 0.262 e. The molecule has 6 nitrogen and oxygen atoms in total. The molecule has 0 spiro atoms. The second-order valence-corrected chi connectivity index (χ2v) is 7.22. The number of hydrogen-bond acceptors (Lipinski definition) is 4. The van der Waals surface area contributed by atoms with E-state index in [-0.39, 0.29) is 5.03 Å². The molecule has 0 saturated carbocycles. The molecule has 0 amide bonds. The van der Waals surface area contributed by atoms with Crippen LogP contribution in [0.2, 0.25) is 0 Å². The molecule has 3 rings (SSSR count). The molecule has 2 fully saturated rings. The summed E-state index contributed by atoms with van der Waals surface area (Å²) in [5, 5.41) is 3.66. The Hall–Kier alpha value is -0.920. The van der Waals surface area contributed by atoms with Crippen LogP contribution in [0.3, 0.4) is 0 Å². The van der Waals surface area contributed by atoms with Crippen LogP contribution < -0.4 is 5.32 Å². The van der Waals surface area contributed by atoms with Gasteiger partial charge in [0.25, 0.3) is 10.0 Å². The molecule has 2 aliphatic heterocycles. The summed E-state index contributed by atoms with van der Waals surface area (Å²) in [4.78, 5) is 4.04. The van der Waals surface area contributed by atoms with Crippen molar-refractivity contribution in [2.75, 3.05) is 13.1 Å². The average Bonchev–Trinajstić information content (AvgIpc) is 2.95. The second kappa shape index (κ2) is 4.88. The molecule has 106 valence electrons. The SMILES string of the molecule is CCn1cnc(S(=O)(=O)N2CCC3CCC(C2)N3)c1. The molecule has 0 radical (unpaired) electrons. The number of aryl methyl sites for hydroxylation is 1. The van der Waals surface area contributed by atoms with Gasteiger partial charge < -0.3 is 9.88 Å². The Morgan fingerprint density at radius 1 is 1.37 bits per heavy atom. The number of fused-ring (bicyclic) bond motifs is 2. The van der Waals surface area contributed by atoms with Crippen molar-refractivity contribution in [1.29, 1.82) is 0 Å². The zero-order valence-corrected chi connectivity index (χ0v) is 11.9. The highest BCUT2D eigenvalue weighted by molar-refractivity contribution is 7.89. The molecule has 2 unspecified atom stereocenters.